The summed E-state index contributed by atoms with van der Waals surface area (Å²) in [4.78, 5) is 18.8. The van der Waals surface area contributed by atoms with Crippen LogP contribution in [0.1, 0.15) is 42.7 Å². The standard InChI is InChI=1S/C21H29N3O2/c1-4-14-24(15-5-2)21(25)19-11-10-18(16-23-19)22-13-12-17-8-6-7-9-20(17)26-3/h6-11,16,22H,4-5,12-15H2,1-3H3. The van der Waals surface area contributed by atoms with Crippen molar-refractivity contribution in [1.29, 1.82) is 0 Å². The van der Waals surface area contributed by atoms with Gasteiger partial charge in [0.1, 0.15) is 11.4 Å². The average molecular weight is 355 g/mol. The van der Waals surface area contributed by atoms with Crippen molar-refractivity contribution in [2.75, 3.05) is 32.1 Å². The number of rotatable bonds is 10. The number of para-hydroxylation sites is 1. The first kappa shape index (κ1) is 19.8. The molecule has 5 heteroatoms. The number of nitrogens with zero attached hydrogens (tertiary/aromatic N) is 2. The van der Waals surface area contributed by atoms with Gasteiger partial charge < -0.3 is 15.0 Å². The van der Waals surface area contributed by atoms with Crippen molar-refractivity contribution < 1.29 is 9.53 Å². The molecule has 0 unspecified atom stereocenters. The molecule has 2 rings (SSSR count). The van der Waals surface area contributed by atoms with Crippen LogP contribution in [-0.2, 0) is 6.42 Å². The molecule has 0 saturated carbocycles. The summed E-state index contributed by atoms with van der Waals surface area (Å²) in [6, 6.07) is 11.7. The minimum atomic E-state index is 0.00859. The predicted molar refractivity (Wildman–Crippen MR) is 106 cm³/mol. The van der Waals surface area contributed by atoms with Crippen LogP contribution in [0, 0.1) is 0 Å². The third-order valence-corrected chi connectivity index (χ3v) is 4.17. The highest BCUT2D eigenvalue weighted by atomic mass is 16.5. The predicted octanol–water partition coefficient (Wildman–Crippen LogP) is 4.01. The molecule has 140 valence electrons. The molecule has 0 fully saturated rings. The van der Waals surface area contributed by atoms with E-state index in [0.717, 1.165) is 55.9 Å². The Kier molecular flexibility index (Phi) is 7.93. The van der Waals surface area contributed by atoms with Gasteiger partial charge in [-0.2, -0.15) is 0 Å². The lowest BCUT2D eigenvalue weighted by Gasteiger charge is -2.21. The lowest BCUT2D eigenvalue weighted by atomic mass is 10.1. The maximum atomic E-state index is 12.5. The van der Waals surface area contributed by atoms with Gasteiger partial charge >= 0.3 is 0 Å². The molecule has 1 N–H and O–H groups in total. The van der Waals surface area contributed by atoms with Gasteiger partial charge in [-0.15, -0.1) is 0 Å². The lowest BCUT2D eigenvalue weighted by molar-refractivity contribution is 0.0749. The molecule has 1 heterocycles. The Morgan fingerprint density at radius 2 is 1.85 bits per heavy atom. The highest BCUT2D eigenvalue weighted by Crippen LogP contribution is 2.18. The van der Waals surface area contributed by atoms with Crippen molar-refractivity contribution in [1.82, 2.24) is 9.88 Å². The number of methoxy groups -OCH3 is 1. The van der Waals surface area contributed by atoms with E-state index in [4.69, 9.17) is 4.74 Å². The number of anilines is 1. The van der Waals surface area contributed by atoms with E-state index in [2.05, 4.69) is 30.2 Å². The van der Waals surface area contributed by atoms with Gasteiger partial charge in [0.05, 0.1) is 19.0 Å². The number of aromatic nitrogens is 1. The molecule has 2 aromatic rings. The SMILES string of the molecule is CCCN(CCC)C(=O)c1ccc(NCCc2ccccc2OC)cn1. The topological polar surface area (TPSA) is 54.5 Å². The van der Waals surface area contributed by atoms with Crippen molar-refractivity contribution >= 4 is 11.6 Å². The Balaban J connectivity index is 1.91. The number of benzene rings is 1. The molecule has 0 radical (unpaired) electrons. The largest absolute Gasteiger partial charge is 0.496 e. The van der Waals surface area contributed by atoms with Crippen molar-refractivity contribution in [3.05, 3.63) is 53.9 Å². The number of carbonyl (C=O) groups is 1. The van der Waals surface area contributed by atoms with Crippen LogP contribution >= 0.6 is 0 Å². The number of hydrogen-bond donors (Lipinski definition) is 1. The number of nitrogens with one attached hydrogen (secondary N) is 1. The summed E-state index contributed by atoms with van der Waals surface area (Å²) in [5, 5.41) is 3.35. The molecule has 0 bridgehead atoms. The van der Waals surface area contributed by atoms with E-state index in [1.807, 2.05) is 29.2 Å². The molecular formula is C21H29N3O2. The van der Waals surface area contributed by atoms with Crippen molar-refractivity contribution in [2.24, 2.45) is 0 Å². The summed E-state index contributed by atoms with van der Waals surface area (Å²) in [5.74, 6) is 0.912. The van der Waals surface area contributed by atoms with Gasteiger partial charge in [-0.25, -0.2) is 4.98 Å². The highest BCUT2D eigenvalue weighted by Gasteiger charge is 2.15. The Morgan fingerprint density at radius 3 is 2.46 bits per heavy atom. The molecule has 0 aliphatic rings. The smallest absolute Gasteiger partial charge is 0.272 e. The first-order valence-electron chi connectivity index (χ1n) is 9.30. The summed E-state index contributed by atoms with van der Waals surface area (Å²) in [6.07, 6.45) is 4.49. The number of hydrogen-bond acceptors (Lipinski definition) is 4. The molecule has 26 heavy (non-hydrogen) atoms. The van der Waals surface area contributed by atoms with Crippen LogP contribution in [0.5, 0.6) is 5.75 Å². The summed E-state index contributed by atoms with van der Waals surface area (Å²) < 4.78 is 5.37. The fourth-order valence-electron chi connectivity index (χ4n) is 2.89. The van der Waals surface area contributed by atoms with E-state index in [9.17, 15) is 4.79 Å². The second kappa shape index (κ2) is 10.4. The first-order valence-corrected chi connectivity index (χ1v) is 9.30. The molecule has 0 aliphatic heterocycles. The number of ether oxygens (including phenoxy) is 1. The van der Waals surface area contributed by atoms with Crippen molar-refractivity contribution in [3.63, 3.8) is 0 Å². The van der Waals surface area contributed by atoms with Gasteiger partial charge in [0.2, 0.25) is 0 Å². The quantitative estimate of drug-likeness (QED) is 0.700. The van der Waals surface area contributed by atoms with Crippen LogP contribution in [0.3, 0.4) is 0 Å². The Morgan fingerprint density at radius 1 is 1.12 bits per heavy atom. The van der Waals surface area contributed by atoms with Crippen molar-refractivity contribution in [2.45, 2.75) is 33.1 Å². The van der Waals surface area contributed by atoms with E-state index >= 15 is 0 Å². The van der Waals surface area contributed by atoms with Gasteiger partial charge in [-0.1, -0.05) is 32.0 Å². The normalized spacial score (nSPS) is 10.4. The zero-order chi connectivity index (χ0) is 18.8. The Hall–Kier alpha value is -2.56. The molecule has 1 aromatic heterocycles. The van der Waals surface area contributed by atoms with E-state index in [0.29, 0.717) is 5.69 Å². The molecule has 0 atom stereocenters. The van der Waals surface area contributed by atoms with E-state index in [-0.39, 0.29) is 5.91 Å². The zero-order valence-corrected chi connectivity index (χ0v) is 16.0. The van der Waals surface area contributed by atoms with Crippen LogP contribution in [-0.4, -0.2) is 42.5 Å². The van der Waals surface area contributed by atoms with Gasteiger partial charge in [0, 0.05) is 19.6 Å². The summed E-state index contributed by atoms with van der Waals surface area (Å²) in [6.45, 7) is 6.48. The molecule has 1 aromatic carbocycles. The van der Waals surface area contributed by atoms with Crippen LogP contribution in [0.2, 0.25) is 0 Å². The summed E-state index contributed by atoms with van der Waals surface area (Å²) >= 11 is 0. The van der Waals surface area contributed by atoms with E-state index in [1.54, 1.807) is 19.4 Å². The van der Waals surface area contributed by atoms with Crippen LogP contribution < -0.4 is 10.1 Å². The molecule has 0 aliphatic carbocycles. The maximum Gasteiger partial charge on any atom is 0.272 e. The summed E-state index contributed by atoms with van der Waals surface area (Å²) in [5.41, 5.74) is 2.58. The van der Waals surface area contributed by atoms with Crippen LogP contribution in [0.4, 0.5) is 5.69 Å². The van der Waals surface area contributed by atoms with Crippen LogP contribution in [0.25, 0.3) is 0 Å². The minimum Gasteiger partial charge on any atom is -0.496 e. The minimum absolute atomic E-state index is 0.00859. The number of pyridine rings is 1. The third kappa shape index (κ3) is 5.48. The first-order chi connectivity index (χ1) is 12.7. The second-order valence-corrected chi connectivity index (χ2v) is 6.21. The van der Waals surface area contributed by atoms with Gasteiger partial charge in [-0.05, 0) is 43.0 Å². The lowest BCUT2D eigenvalue weighted by Crippen LogP contribution is -2.33. The fraction of sp³-hybridized carbons (Fsp3) is 0.429. The Bertz CT molecular complexity index is 680. The van der Waals surface area contributed by atoms with Crippen LogP contribution in [0.15, 0.2) is 42.6 Å². The van der Waals surface area contributed by atoms with E-state index in [1.165, 1.54) is 0 Å². The zero-order valence-electron chi connectivity index (χ0n) is 16.0. The number of amides is 1. The van der Waals surface area contributed by atoms with Gasteiger partial charge in [-0.3, -0.25) is 4.79 Å². The third-order valence-electron chi connectivity index (χ3n) is 4.17. The molecule has 5 nitrogen and oxygen atoms in total. The van der Waals surface area contributed by atoms with Gasteiger partial charge in [0.15, 0.2) is 0 Å². The number of carbonyl (C=O) groups excluding carboxylic acids is 1. The second-order valence-electron chi connectivity index (χ2n) is 6.21. The molecule has 0 saturated heterocycles. The van der Waals surface area contributed by atoms with Gasteiger partial charge in [0.25, 0.3) is 5.91 Å². The Labute approximate surface area is 156 Å². The molecule has 0 spiro atoms. The molecule has 1 amide bonds. The fourth-order valence-corrected chi connectivity index (χ4v) is 2.89. The maximum absolute atomic E-state index is 12.5. The molecular weight excluding hydrogens is 326 g/mol. The highest BCUT2D eigenvalue weighted by molar-refractivity contribution is 5.92. The monoisotopic (exact) mass is 355 g/mol. The summed E-state index contributed by atoms with van der Waals surface area (Å²) in [7, 11) is 1.69. The average Bonchev–Trinajstić information content (AvgIpc) is 2.68. The van der Waals surface area contributed by atoms with E-state index < -0.39 is 0 Å². The van der Waals surface area contributed by atoms with Crippen molar-refractivity contribution in [3.8, 4) is 5.75 Å².